The highest BCUT2D eigenvalue weighted by atomic mass is 127. The average Bonchev–Trinajstić information content (AvgIpc) is 3.47. The highest BCUT2D eigenvalue weighted by molar-refractivity contribution is 14.1. The Bertz CT molecular complexity index is 1230. The summed E-state index contributed by atoms with van der Waals surface area (Å²) in [5.74, 6) is 16.0. The number of benzene rings is 1. The summed E-state index contributed by atoms with van der Waals surface area (Å²) in [6.45, 7) is 12.0. The van der Waals surface area contributed by atoms with Crippen LogP contribution in [0.4, 0.5) is 0 Å². The van der Waals surface area contributed by atoms with Crippen molar-refractivity contribution in [2.24, 2.45) is 35.5 Å². The summed E-state index contributed by atoms with van der Waals surface area (Å²) in [5, 5.41) is 0. The van der Waals surface area contributed by atoms with Crippen LogP contribution in [-0.4, -0.2) is 21.5 Å². The van der Waals surface area contributed by atoms with Crippen LogP contribution >= 0.6 is 22.6 Å². The number of carbonyl (C=O) groups excluding carboxylic acids is 1. The molecular formula is C31H34INO2. The van der Waals surface area contributed by atoms with Gasteiger partial charge in [0.1, 0.15) is 4.11 Å². The van der Waals surface area contributed by atoms with Crippen LogP contribution in [0.5, 0.6) is 0 Å². The van der Waals surface area contributed by atoms with Crippen molar-refractivity contribution < 1.29 is 9.53 Å². The van der Waals surface area contributed by atoms with Crippen molar-refractivity contribution in [1.29, 1.82) is 0 Å². The van der Waals surface area contributed by atoms with Crippen molar-refractivity contribution in [3.8, 4) is 23.7 Å². The van der Waals surface area contributed by atoms with Gasteiger partial charge in [-0.05, 0) is 48.3 Å². The van der Waals surface area contributed by atoms with E-state index in [1.165, 1.54) is 11.1 Å². The number of alkyl halides is 1. The van der Waals surface area contributed by atoms with Gasteiger partial charge < -0.3 is 9.64 Å². The lowest BCUT2D eigenvalue weighted by Crippen LogP contribution is -2.40. The largest absolute Gasteiger partial charge is 0.368 e. The van der Waals surface area contributed by atoms with Crippen LogP contribution < -0.4 is 0 Å². The van der Waals surface area contributed by atoms with Crippen molar-refractivity contribution in [2.45, 2.75) is 58.1 Å². The summed E-state index contributed by atoms with van der Waals surface area (Å²) in [6.07, 6.45) is 2.07. The SMILES string of the molecule is CC(I)OCC1C2CCC#CC3=C(C(C)C4=C(C#Cc5ccccc5CN4C(=O)C(C)C)C3C)C21. The van der Waals surface area contributed by atoms with Crippen LogP contribution in [0.25, 0.3) is 0 Å². The molecule has 0 saturated heterocycles. The third-order valence-electron chi connectivity index (χ3n) is 8.09. The third kappa shape index (κ3) is 4.49. The minimum atomic E-state index is -0.0849. The number of ether oxygens (including phenoxy) is 1. The molecule has 5 rings (SSSR count). The molecule has 4 heteroatoms. The number of halogens is 1. The monoisotopic (exact) mass is 579 g/mol. The molecule has 1 aromatic rings. The molecule has 35 heavy (non-hydrogen) atoms. The molecule has 182 valence electrons. The predicted octanol–water partition coefficient (Wildman–Crippen LogP) is 6.33. The summed E-state index contributed by atoms with van der Waals surface area (Å²) in [6, 6.07) is 8.24. The van der Waals surface area contributed by atoms with Crippen LogP contribution in [0.2, 0.25) is 0 Å². The Hall–Kier alpha value is -2.02. The minimum Gasteiger partial charge on any atom is -0.368 e. The number of hydrogen-bond acceptors (Lipinski definition) is 2. The summed E-state index contributed by atoms with van der Waals surface area (Å²) in [4.78, 5) is 15.7. The van der Waals surface area contributed by atoms with Crippen LogP contribution in [0.1, 0.15) is 58.6 Å². The first kappa shape index (κ1) is 24.7. The van der Waals surface area contributed by atoms with Gasteiger partial charge in [0.25, 0.3) is 0 Å². The quantitative estimate of drug-likeness (QED) is 0.237. The van der Waals surface area contributed by atoms with E-state index < -0.39 is 0 Å². The molecule has 0 radical (unpaired) electrons. The van der Waals surface area contributed by atoms with E-state index in [9.17, 15) is 4.79 Å². The molecule has 1 saturated carbocycles. The molecule has 1 aromatic carbocycles. The van der Waals surface area contributed by atoms with Crippen LogP contribution in [0.15, 0.2) is 46.7 Å². The fourth-order valence-electron chi connectivity index (χ4n) is 6.28. The van der Waals surface area contributed by atoms with Gasteiger partial charge in [0, 0.05) is 46.6 Å². The van der Waals surface area contributed by atoms with Crippen molar-refractivity contribution in [3.63, 3.8) is 0 Å². The lowest BCUT2D eigenvalue weighted by molar-refractivity contribution is -0.133. The number of hydrogen-bond donors (Lipinski definition) is 0. The van der Waals surface area contributed by atoms with E-state index >= 15 is 0 Å². The fourth-order valence-corrected chi connectivity index (χ4v) is 6.48. The highest BCUT2D eigenvalue weighted by Gasteiger charge is 2.55. The smallest absolute Gasteiger partial charge is 0.229 e. The predicted molar refractivity (Wildman–Crippen MR) is 148 cm³/mol. The molecular weight excluding hydrogens is 545 g/mol. The normalized spacial score (nSPS) is 29.6. The molecule has 0 aromatic heterocycles. The maximum atomic E-state index is 13.7. The average molecular weight is 580 g/mol. The second kappa shape index (κ2) is 9.79. The highest BCUT2D eigenvalue weighted by Crippen LogP contribution is 2.59. The molecule has 0 spiro atoms. The third-order valence-corrected chi connectivity index (χ3v) is 8.45. The Morgan fingerprint density at radius 2 is 1.89 bits per heavy atom. The molecule has 0 bridgehead atoms. The molecule has 3 nitrogen and oxygen atoms in total. The summed E-state index contributed by atoms with van der Waals surface area (Å²) >= 11 is 2.34. The van der Waals surface area contributed by atoms with E-state index in [1.807, 2.05) is 26.0 Å². The number of rotatable bonds is 4. The van der Waals surface area contributed by atoms with Gasteiger partial charge >= 0.3 is 0 Å². The topological polar surface area (TPSA) is 29.5 Å². The second-order valence-electron chi connectivity index (χ2n) is 10.7. The number of nitrogens with zero attached hydrogens (tertiary/aromatic N) is 1. The van der Waals surface area contributed by atoms with E-state index in [-0.39, 0.29) is 27.8 Å². The van der Waals surface area contributed by atoms with Gasteiger partial charge in [0.2, 0.25) is 5.91 Å². The lowest BCUT2D eigenvalue weighted by atomic mass is 9.72. The van der Waals surface area contributed by atoms with Gasteiger partial charge in [-0.3, -0.25) is 4.79 Å². The van der Waals surface area contributed by atoms with Crippen LogP contribution in [0.3, 0.4) is 0 Å². The Morgan fingerprint density at radius 3 is 2.63 bits per heavy atom. The first-order chi connectivity index (χ1) is 16.8. The zero-order chi connectivity index (χ0) is 24.9. The first-order valence-electron chi connectivity index (χ1n) is 12.9. The van der Waals surface area contributed by atoms with E-state index in [0.717, 1.165) is 41.8 Å². The number of allylic oxidation sites excluding steroid dienone is 3. The maximum Gasteiger partial charge on any atom is 0.229 e. The standard InChI is InChI=1S/C31H34INO2/c1-18(2)31(34)33-16-23-11-7-6-10-22(23)14-15-25-19(3)24-12-8-9-13-26-27(17-35-21(5)32)29(26)28(24)20(4)30(25)33/h6-7,10-11,18-21,26-27,29H,9,13,16-17H2,1-5H3. The Labute approximate surface area is 223 Å². The van der Waals surface area contributed by atoms with Crippen LogP contribution in [-0.2, 0) is 16.1 Å². The first-order valence-corrected chi connectivity index (χ1v) is 14.2. The molecule has 6 unspecified atom stereocenters. The van der Waals surface area contributed by atoms with Gasteiger partial charge in [-0.2, -0.15) is 0 Å². The van der Waals surface area contributed by atoms with Gasteiger partial charge in [-0.1, -0.05) is 92.2 Å². The van der Waals surface area contributed by atoms with Gasteiger partial charge in [-0.15, -0.1) is 0 Å². The zero-order valence-electron chi connectivity index (χ0n) is 21.3. The van der Waals surface area contributed by atoms with E-state index in [1.54, 1.807) is 0 Å². The summed E-state index contributed by atoms with van der Waals surface area (Å²) < 4.78 is 6.29. The number of amides is 1. The number of carbonyl (C=O) groups is 1. The fraction of sp³-hybridized carbons (Fsp3) is 0.516. The van der Waals surface area contributed by atoms with E-state index in [4.69, 9.17) is 4.74 Å². The van der Waals surface area contributed by atoms with Crippen molar-refractivity contribution >= 4 is 28.5 Å². The maximum absolute atomic E-state index is 13.7. The molecule has 6 atom stereocenters. The Morgan fingerprint density at radius 1 is 1.11 bits per heavy atom. The molecule has 3 aliphatic carbocycles. The Balaban J connectivity index is 1.62. The van der Waals surface area contributed by atoms with Gasteiger partial charge in [-0.25, -0.2) is 0 Å². The molecule has 1 heterocycles. The van der Waals surface area contributed by atoms with Crippen molar-refractivity contribution in [3.05, 3.63) is 57.8 Å². The van der Waals surface area contributed by atoms with E-state index in [0.29, 0.717) is 24.3 Å². The van der Waals surface area contributed by atoms with Gasteiger partial charge in [0.15, 0.2) is 0 Å². The number of fused-ring (bicyclic) bond motifs is 3. The second-order valence-corrected chi connectivity index (χ2v) is 12.4. The Kier molecular flexibility index (Phi) is 6.90. The molecule has 0 N–H and O–H groups in total. The van der Waals surface area contributed by atoms with Gasteiger partial charge in [0.05, 0.1) is 13.2 Å². The lowest BCUT2D eigenvalue weighted by Gasteiger charge is -2.39. The van der Waals surface area contributed by atoms with Crippen molar-refractivity contribution in [1.82, 2.24) is 4.90 Å². The summed E-state index contributed by atoms with van der Waals surface area (Å²) in [5.41, 5.74) is 6.99. The van der Waals surface area contributed by atoms with Crippen LogP contribution in [0, 0.1) is 59.2 Å². The molecule has 1 fully saturated rings. The van der Waals surface area contributed by atoms with Crippen molar-refractivity contribution in [2.75, 3.05) is 6.61 Å². The molecule has 1 amide bonds. The van der Waals surface area contributed by atoms with E-state index in [2.05, 4.69) is 84.1 Å². The zero-order valence-corrected chi connectivity index (χ0v) is 23.5. The summed E-state index contributed by atoms with van der Waals surface area (Å²) in [7, 11) is 0. The molecule has 4 aliphatic rings. The molecule has 1 aliphatic heterocycles. The minimum absolute atomic E-state index is 0.0849.